The third-order valence-corrected chi connectivity index (χ3v) is 9.19. The lowest BCUT2D eigenvalue weighted by Crippen LogP contribution is -2.50. The van der Waals surface area contributed by atoms with E-state index >= 15 is 0 Å². The molecule has 0 radical (unpaired) electrons. The van der Waals surface area contributed by atoms with Crippen molar-refractivity contribution in [3.05, 3.63) is 67.5 Å². The number of hydrogen-bond donors (Lipinski definition) is 0. The second-order valence-electron chi connectivity index (χ2n) is 7.65. The molecule has 1 amide bonds. The van der Waals surface area contributed by atoms with Crippen LogP contribution in [0.2, 0.25) is 5.02 Å². The molecular formula is C21H20ClN3O5S2. The summed E-state index contributed by atoms with van der Waals surface area (Å²) in [5.41, 5.74) is 1.47. The van der Waals surface area contributed by atoms with Gasteiger partial charge in [0.15, 0.2) is 0 Å². The molecule has 1 fully saturated rings. The highest BCUT2D eigenvalue weighted by Gasteiger charge is 2.32. The normalized spacial score (nSPS) is 15.3. The average Bonchev–Trinajstić information content (AvgIpc) is 3.10. The van der Waals surface area contributed by atoms with Gasteiger partial charge in [0.2, 0.25) is 10.0 Å². The van der Waals surface area contributed by atoms with Crippen molar-refractivity contribution in [2.75, 3.05) is 26.2 Å². The molecule has 1 saturated heterocycles. The second kappa shape index (κ2) is 8.43. The highest BCUT2D eigenvalue weighted by Crippen LogP contribution is 2.38. The predicted octanol–water partition coefficient (Wildman–Crippen LogP) is 4.23. The number of carbonyl (C=O) groups is 1. The number of piperazine rings is 1. The van der Waals surface area contributed by atoms with E-state index in [9.17, 15) is 23.3 Å². The summed E-state index contributed by atoms with van der Waals surface area (Å²) in [6.07, 6.45) is 0. The van der Waals surface area contributed by atoms with Crippen LogP contribution in [-0.4, -0.2) is 54.6 Å². The largest absolute Gasteiger partial charge is 0.335 e. The molecule has 32 heavy (non-hydrogen) atoms. The standard InChI is InChI=1S/C21H20ClN3O5S2/c1-13-3-4-14(2)18(11-13)32(29,30)24-9-7-23(8-10-24)21(26)20-19(22)16-6-5-15(25(27)28)12-17(16)31-20/h3-6,11-12H,7-10H2,1-2H3. The van der Waals surface area contributed by atoms with E-state index in [0.717, 1.165) is 16.9 Å². The number of fused-ring (bicyclic) bond motifs is 1. The summed E-state index contributed by atoms with van der Waals surface area (Å²) in [4.78, 5) is 25.8. The molecular weight excluding hydrogens is 474 g/mol. The molecule has 2 heterocycles. The number of thiophene rings is 1. The maximum Gasteiger partial charge on any atom is 0.270 e. The third-order valence-electron chi connectivity index (χ3n) is 5.51. The fraction of sp³-hybridized carbons (Fsp3) is 0.286. The molecule has 11 heteroatoms. The smallest absolute Gasteiger partial charge is 0.270 e. The summed E-state index contributed by atoms with van der Waals surface area (Å²) >= 11 is 7.51. The molecule has 0 unspecified atom stereocenters. The highest BCUT2D eigenvalue weighted by molar-refractivity contribution is 7.89. The lowest BCUT2D eigenvalue weighted by molar-refractivity contribution is -0.384. The molecule has 1 aromatic heterocycles. The van der Waals surface area contributed by atoms with E-state index < -0.39 is 14.9 Å². The molecule has 2 aromatic carbocycles. The summed E-state index contributed by atoms with van der Waals surface area (Å²) in [7, 11) is -3.66. The van der Waals surface area contributed by atoms with E-state index in [-0.39, 0.29) is 47.7 Å². The molecule has 1 aliphatic heterocycles. The molecule has 8 nitrogen and oxygen atoms in total. The van der Waals surface area contributed by atoms with Crippen molar-refractivity contribution in [1.29, 1.82) is 0 Å². The van der Waals surface area contributed by atoms with Gasteiger partial charge in [-0.05, 0) is 37.1 Å². The van der Waals surface area contributed by atoms with E-state index in [4.69, 9.17) is 11.6 Å². The zero-order chi connectivity index (χ0) is 23.2. The van der Waals surface area contributed by atoms with Gasteiger partial charge in [-0.15, -0.1) is 11.3 Å². The first-order valence-electron chi connectivity index (χ1n) is 9.82. The van der Waals surface area contributed by atoms with E-state index in [1.807, 2.05) is 13.0 Å². The summed E-state index contributed by atoms with van der Waals surface area (Å²) in [6.45, 7) is 4.42. The minimum atomic E-state index is -3.66. The Kier molecular flexibility index (Phi) is 5.97. The molecule has 0 aliphatic carbocycles. The lowest BCUT2D eigenvalue weighted by atomic mass is 10.2. The number of rotatable bonds is 4. The minimum absolute atomic E-state index is 0.0697. The first kappa shape index (κ1) is 22.7. The van der Waals surface area contributed by atoms with Crippen molar-refractivity contribution in [3.8, 4) is 0 Å². The number of hydrogen-bond acceptors (Lipinski definition) is 6. The van der Waals surface area contributed by atoms with Crippen LogP contribution in [0, 0.1) is 24.0 Å². The van der Waals surface area contributed by atoms with Gasteiger partial charge in [0.1, 0.15) is 4.88 Å². The number of nitro groups is 1. The van der Waals surface area contributed by atoms with Gasteiger partial charge in [-0.3, -0.25) is 14.9 Å². The van der Waals surface area contributed by atoms with Crippen LogP contribution in [0.5, 0.6) is 0 Å². The van der Waals surface area contributed by atoms with Crippen molar-refractivity contribution in [2.24, 2.45) is 0 Å². The topological polar surface area (TPSA) is 101 Å². The number of nitrogens with zero attached hydrogens (tertiary/aromatic N) is 3. The number of nitro benzene ring substituents is 1. The Morgan fingerprint density at radius 2 is 1.78 bits per heavy atom. The summed E-state index contributed by atoms with van der Waals surface area (Å²) in [5, 5.41) is 11.9. The quantitative estimate of drug-likeness (QED) is 0.400. The molecule has 168 valence electrons. The van der Waals surface area contributed by atoms with Crippen LogP contribution in [0.15, 0.2) is 41.3 Å². The Balaban J connectivity index is 1.53. The number of benzene rings is 2. The Labute approximate surface area is 194 Å². The van der Waals surface area contributed by atoms with Gasteiger partial charge in [-0.1, -0.05) is 23.7 Å². The zero-order valence-corrected chi connectivity index (χ0v) is 19.8. The molecule has 3 aromatic rings. The van der Waals surface area contributed by atoms with Crippen LogP contribution >= 0.6 is 22.9 Å². The summed E-state index contributed by atoms with van der Waals surface area (Å²) in [6, 6.07) is 9.61. The van der Waals surface area contributed by atoms with Gasteiger partial charge in [0, 0.05) is 48.4 Å². The van der Waals surface area contributed by atoms with Crippen molar-refractivity contribution >= 4 is 54.6 Å². The van der Waals surface area contributed by atoms with Gasteiger partial charge in [0.05, 0.1) is 14.8 Å². The van der Waals surface area contributed by atoms with Gasteiger partial charge >= 0.3 is 0 Å². The summed E-state index contributed by atoms with van der Waals surface area (Å²) in [5.74, 6) is -0.303. The van der Waals surface area contributed by atoms with Gasteiger partial charge < -0.3 is 4.90 Å². The van der Waals surface area contributed by atoms with E-state index in [1.165, 1.54) is 22.5 Å². The molecule has 0 atom stereocenters. The van der Waals surface area contributed by atoms with Crippen molar-refractivity contribution in [2.45, 2.75) is 18.7 Å². The van der Waals surface area contributed by atoms with Crippen LogP contribution in [0.25, 0.3) is 10.1 Å². The molecule has 0 N–H and O–H groups in total. The van der Waals surface area contributed by atoms with E-state index in [1.54, 1.807) is 24.0 Å². The minimum Gasteiger partial charge on any atom is -0.335 e. The van der Waals surface area contributed by atoms with Gasteiger partial charge in [-0.25, -0.2) is 8.42 Å². The molecule has 4 rings (SSSR count). The Bertz CT molecular complexity index is 1340. The van der Waals surface area contributed by atoms with Gasteiger partial charge in [-0.2, -0.15) is 4.31 Å². The second-order valence-corrected chi connectivity index (χ2v) is 11.0. The Hall–Kier alpha value is -2.53. The number of non-ortho nitro benzene ring substituents is 1. The zero-order valence-electron chi connectivity index (χ0n) is 17.4. The van der Waals surface area contributed by atoms with Crippen molar-refractivity contribution < 1.29 is 18.1 Å². The lowest BCUT2D eigenvalue weighted by Gasteiger charge is -2.34. The fourth-order valence-corrected chi connectivity index (χ4v) is 6.95. The van der Waals surface area contributed by atoms with Crippen LogP contribution < -0.4 is 0 Å². The first-order valence-corrected chi connectivity index (χ1v) is 12.5. The maximum atomic E-state index is 13.1. The SMILES string of the molecule is Cc1ccc(C)c(S(=O)(=O)N2CCN(C(=O)c3sc4cc([N+](=O)[O-])ccc4c3Cl)CC2)c1. The maximum absolute atomic E-state index is 13.1. The van der Waals surface area contributed by atoms with Crippen molar-refractivity contribution in [3.63, 3.8) is 0 Å². The first-order chi connectivity index (χ1) is 15.1. The van der Waals surface area contributed by atoms with Crippen LogP contribution in [0.4, 0.5) is 5.69 Å². The predicted molar refractivity (Wildman–Crippen MR) is 124 cm³/mol. The van der Waals surface area contributed by atoms with E-state index in [2.05, 4.69) is 0 Å². The van der Waals surface area contributed by atoms with Crippen LogP contribution in [-0.2, 0) is 10.0 Å². The fourth-order valence-electron chi connectivity index (χ4n) is 3.70. The molecule has 0 saturated carbocycles. The van der Waals surface area contributed by atoms with Crippen LogP contribution in [0.3, 0.4) is 0 Å². The Morgan fingerprint density at radius 3 is 2.44 bits per heavy atom. The van der Waals surface area contributed by atoms with Crippen LogP contribution in [0.1, 0.15) is 20.8 Å². The van der Waals surface area contributed by atoms with E-state index in [0.29, 0.717) is 20.5 Å². The monoisotopic (exact) mass is 493 g/mol. The molecule has 0 spiro atoms. The Morgan fingerprint density at radius 1 is 1.09 bits per heavy atom. The number of amides is 1. The number of sulfonamides is 1. The van der Waals surface area contributed by atoms with Gasteiger partial charge in [0.25, 0.3) is 11.6 Å². The third kappa shape index (κ3) is 3.99. The number of carbonyl (C=O) groups excluding carboxylic acids is 1. The number of halogens is 1. The number of aryl methyl sites for hydroxylation is 2. The summed E-state index contributed by atoms with van der Waals surface area (Å²) < 4.78 is 28.2. The highest BCUT2D eigenvalue weighted by atomic mass is 35.5. The van der Waals surface area contributed by atoms with Crippen molar-refractivity contribution in [1.82, 2.24) is 9.21 Å². The molecule has 1 aliphatic rings. The molecule has 0 bridgehead atoms. The average molecular weight is 494 g/mol.